The van der Waals surface area contributed by atoms with E-state index in [1.54, 1.807) is 0 Å². The molecule has 1 atom stereocenters. The van der Waals surface area contributed by atoms with Gasteiger partial charge in [-0.1, -0.05) is 84.9 Å². The Morgan fingerprint density at radius 1 is 0.600 bits per heavy atom. The Morgan fingerprint density at radius 3 is 1.85 bits per heavy atom. The summed E-state index contributed by atoms with van der Waals surface area (Å²) in [6.45, 7) is 0. The van der Waals surface area contributed by atoms with Crippen LogP contribution in [0.25, 0.3) is 11.1 Å². The summed E-state index contributed by atoms with van der Waals surface area (Å²) in [4.78, 5) is 0. The highest BCUT2D eigenvalue weighted by Crippen LogP contribution is 2.31. The van der Waals surface area contributed by atoms with Crippen LogP contribution in [0.15, 0.2) is 84.9 Å². The molecule has 98 valence electrons. The van der Waals surface area contributed by atoms with Crippen molar-refractivity contribution in [3.8, 4) is 11.1 Å². The third-order valence-corrected chi connectivity index (χ3v) is 3.46. The van der Waals surface area contributed by atoms with Crippen molar-refractivity contribution in [2.24, 2.45) is 0 Å². The fourth-order valence-corrected chi connectivity index (χ4v) is 2.43. The summed E-state index contributed by atoms with van der Waals surface area (Å²) < 4.78 is 0. The van der Waals surface area contributed by atoms with Crippen molar-refractivity contribution in [2.45, 2.75) is 6.10 Å². The molecule has 0 heterocycles. The van der Waals surface area contributed by atoms with Crippen molar-refractivity contribution in [2.75, 3.05) is 0 Å². The Morgan fingerprint density at radius 2 is 1.15 bits per heavy atom. The highest BCUT2D eigenvalue weighted by Gasteiger charge is 2.14. The lowest BCUT2D eigenvalue weighted by Gasteiger charge is -2.16. The Kier molecular flexibility index (Phi) is 3.62. The lowest BCUT2D eigenvalue weighted by molar-refractivity contribution is 0.221. The summed E-state index contributed by atoms with van der Waals surface area (Å²) in [6.07, 6.45) is -0.604. The minimum atomic E-state index is -0.604. The topological polar surface area (TPSA) is 20.2 Å². The monoisotopic (exact) mass is 260 g/mol. The van der Waals surface area contributed by atoms with Crippen molar-refractivity contribution in [1.82, 2.24) is 0 Å². The minimum absolute atomic E-state index is 0.604. The molecule has 0 aromatic heterocycles. The zero-order chi connectivity index (χ0) is 13.8. The molecule has 0 amide bonds. The molecule has 0 aliphatic carbocycles. The number of hydrogen-bond acceptors (Lipinski definition) is 1. The third-order valence-electron chi connectivity index (χ3n) is 3.46. The van der Waals surface area contributed by atoms with E-state index >= 15 is 0 Å². The second-order valence-electron chi connectivity index (χ2n) is 4.77. The summed E-state index contributed by atoms with van der Waals surface area (Å²) >= 11 is 0. The molecule has 0 fully saturated rings. The fourth-order valence-electron chi connectivity index (χ4n) is 2.43. The van der Waals surface area contributed by atoms with Crippen LogP contribution in [0.1, 0.15) is 17.2 Å². The average Bonchev–Trinajstić information content (AvgIpc) is 2.56. The lowest BCUT2D eigenvalue weighted by Crippen LogP contribution is -2.01. The van der Waals surface area contributed by atoms with Gasteiger partial charge in [-0.2, -0.15) is 0 Å². The van der Waals surface area contributed by atoms with Crippen LogP contribution in [0.5, 0.6) is 0 Å². The van der Waals surface area contributed by atoms with E-state index in [2.05, 4.69) is 18.2 Å². The van der Waals surface area contributed by atoms with Crippen LogP contribution in [0.3, 0.4) is 0 Å². The first-order valence-electron chi connectivity index (χ1n) is 6.73. The molecular weight excluding hydrogens is 244 g/mol. The normalized spacial score (nSPS) is 12.1. The molecule has 3 aromatic carbocycles. The SMILES string of the molecule is O[C@H](c1ccccc1)c1ccccc1-c1ccccc1. The predicted molar refractivity (Wildman–Crippen MR) is 82.4 cm³/mol. The van der Waals surface area contributed by atoms with E-state index in [0.29, 0.717) is 0 Å². The van der Waals surface area contributed by atoms with Gasteiger partial charge in [0.2, 0.25) is 0 Å². The molecule has 0 saturated heterocycles. The van der Waals surface area contributed by atoms with Gasteiger partial charge in [0, 0.05) is 0 Å². The number of aliphatic hydroxyl groups is 1. The van der Waals surface area contributed by atoms with Gasteiger partial charge >= 0.3 is 0 Å². The molecule has 0 unspecified atom stereocenters. The maximum Gasteiger partial charge on any atom is 0.105 e. The van der Waals surface area contributed by atoms with Crippen molar-refractivity contribution in [1.29, 1.82) is 0 Å². The van der Waals surface area contributed by atoms with Crippen molar-refractivity contribution in [3.63, 3.8) is 0 Å². The maximum absolute atomic E-state index is 10.6. The van der Waals surface area contributed by atoms with Gasteiger partial charge in [-0.05, 0) is 22.3 Å². The van der Waals surface area contributed by atoms with Crippen LogP contribution in [0.2, 0.25) is 0 Å². The molecular formula is C19H16O. The molecule has 0 aliphatic heterocycles. The largest absolute Gasteiger partial charge is 0.384 e. The molecule has 0 spiro atoms. The van der Waals surface area contributed by atoms with Gasteiger partial charge in [-0.25, -0.2) is 0 Å². The molecule has 0 saturated carbocycles. The Balaban J connectivity index is 2.07. The molecule has 1 nitrogen and oxygen atoms in total. The maximum atomic E-state index is 10.6. The van der Waals surface area contributed by atoms with E-state index in [0.717, 1.165) is 22.3 Å². The first-order chi connectivity index (χ1) is 9.86. The van der Waals surface area contributed by atoms with Crippen molar-refractivity contribution in [3.05, 3.63) is 96.1 Å². The smallest absolute Gasteiger partial charge is 0.105 e. The Bertz CT molecular complexity index is 674. The van der Waals surface area contributed by atoms with E-state index in [9.17, 15) is 5.11 Å². The van der Waals surface area contributed by atoms with E-state index in [1.807, 2.05) is 66.7 Å². The Labute approximate surface area is 119 Å². The number of benzene rings is 3. The van der Waals surface area contributed by atoms with E-state index in [-0.39, 0.29) is 0 Å². The molecule has 1 N–H and O–H groups in total. The number of aliphatic hydroxyl groups excluding tert-OH is 1. The quantitative estimate of drug-likeness (QED) is 0.738. The standard InChI is InChI=1S/C19H16O/c20-19(16-11-5-2-6-12-16)18-14-8-7-13-17(18)15-9-3-1-4-10-15/h1-14,19-20H/t19-/m1/s1. The van der Waals surface area contributed by atoms with Gasteiger partial charge < -0.3 is 5.11 Å². The number of rotatable bonds is 3. The first kappa shape index (κ1) is 12.6. The van der Waals surface area contributed by atoms with Crippen molar-refractivity contribution < 1.29 is 5.11 Å². The summed E-state index contributed by atoms with van der Waals surface area (Å²) in [6, 6.07) is 27.9. The van der Waals surface area contributed by atoms with Crippen LogP contribution in [0.4, 0.5) is 0 Å². The second-order valence-corrected chi connectivity index (χ2v) is 4.77. The molecule has 0 aliphatic rings. The van der Waals surface area contributed by atoms with Crippen LogP contribution in [-0.4, -0.2) is 5.11 Å². The molecule has 0 bridgehead atoms. The van der Waals surface area contributed by atoms with Gasteiger partial charge in [-0.3, -0.25) is 0 Å². The second kappa shape index (κ2) is 5.72. The van der Waals surface area contributed by atoms with Gasteiger partial charge in [0.25, 0.3) is 0 Å². The molecule has 1 heteroatoms. The summed E-state index contributed by atoms with van der Waals surface area (Å²) in [5.74, 6) is 0. The van der Waals surface area contributed by atoms with Crippen molar-refractivity contribution >= 4 is 0 Å². The van der Waals surface area contributed by atoms with E-state index in [1.165, 1.54) is 0 Å². The van der Waals surface area contributed by atoms with Crippen LogP contribution in [-0.2, 0) is 0 Å². The van der Waals surface area contributed by atoms with Gasteiger partial charge in [0.1, 0.15) is 6.10 Å². The van der Waals surface area contributed by atoms with Crippen LogP contribution >= 0.6 is 0 Å². The highest BCUT2D eigenvalue weighted by molar-refractivity contribution is 5.68. The summed E-state index contributed by atoms with van der Waals surface area (Å²) in [7, 11) is 0. The molecule has 3 aromatic rings. The van der Waals surface area contributed by atoms with Crippen LogP contribution < -0.4 is 0 Å². The predicted octanol–water partition coefficient (Wildman–Crippen LogP) is 4.44. The van der Waals surface area contributed by atoms with Gasteiger partial charge in [0.15, 0.2) is 0 Å². The Hall–Kier alpha value is -2.38. The molecule has 20 heavy (non-hydrogen) atoms. The van der Waals surface area contributed by atoms with Gasteiger partial charge in [-0.15, -0.1) is 0 Å². The average molecular weight is 260 g/mol. The van der Waals surface area contributed by atoms with Crippen LogP contribution in [0, 0.1) is 0 Å². The fraction of sp³-hybridized carbons (Fsp3) is 0.0526. The highest BCUT2D eigenvalue weighted by atomic mass is 16.3. The number of hydrogen-bond donors (Lipinski definition) is 1. The van der Waals surface area contributed by atoms with E-state index < -0.39 is 6.10 Å². The van der Waals surface area contributed by atoms with E-state index in [4.69, 9.17) is 0 Å². The minimum Gasteiger partial charge on any atom is -0.384 e. The summed E-state index contributed by atoms with van der Waals surface area (Å²) in [5, 5.41) is 10.6. The molecule has 0 radical (unpaired) electrons. The zero-order valence-corrected chi connectivity index (χ0v) is 11.1. The molecule has 3 rings (SSSR count). The zero-order valence-electron chi connectivity index (χ0n) is 11.1. The summed E-state index contributed by atoms with van der Waals surface area (Å²) in [5.41, 5.74) is 4.04. The lowest BCUT2D eigenvalue weighted by atomic mass is 9.93. The first-order valence-corrected chi connectivity index (χ1v) is 6.73. The van der Waals surface area contributed by atoms with Gasteiger partial charge in [0.05, 0.1) is 0 Å². The third kappa shape index (κ3) is 2.49.